The van der Waals surface area contributed by atoms with E-state index in [9.17, 15) is 9.18 Å². The molecule has 0 spiro atoms. The van der Waals surface area contributed by atoms with Crippen LogP contribution in [0.4, 0.5) is 4.39 Å². The summed E-state index contributed by atoms with van der Waals surface area (Å²) >= 11 is 0. The predicted molar refractivity (Wildman–Crippen MR) is 102 cm³/mol. The number of rotatable bonds is 6. The van der Waals surface area contributed by atoms with Gasteiger partial charge in [0.15, 0.2) is 5.82 Å². The van der Waals surface area contributed by atoms with E-state index in [1.807, 2.05) is 28.9 Å². The van der Waals surface area contributed by atoms with E-state index in [0.717, 1.165) is 24.4 Å². The molecule has 1 aromatic heterocycles. The number of ether oxygens (including phenoxy) is 1. The summed E-state index contributed by atoms with van der Waals surface area (Å²) in [6.07, 6.45) is 2.45. The summed E-state index contributed by atoms with van der Waals surface area (Å²) in [5.41, 5.74) is 1.56. The second-order valence-corrected chi connectivity index (χ2v) is 6.79. The number of carbonyl (C=O) groups excluding carboxylic acids is 1. The normalized spacial score (nSPS) is 14.0. The van der Waals surface area contributed by atoms with Gasteiger partial charge in [-0.05, 0) is 42.8 Å². The third-order valence-electron chi connectivity index (χ3n) is 4.69. The summed E-state index contributed by atoms with van der Waals surface area (Å²) < 4.78 is 20.5. The number of carbonyl (C=O) groups is 1. The Balaban J connectivity index is 1.35. The highest BCUT2D eigenvalue weighted by Crippen LogP contribution is 2.22. The van der Waals surface area contributed by atoms with E-state index in [2.05, 4.69) is 17.0 Å². The van der Waals surface area contributed by atoms with Gasteiger partial charge in [0.1, 0.15) is 24.0 Å². The summed E-state index contributed by atoms with van der Waals surface area (Å²) in [5, 5.41) is 4.23. The van der Waals surface area contributed by atoms with Crippen LogP contribution < -0.4 is 4.74 Å². The molecule has 0 bridgehead atoms. The van der Waals surface area contributed by atoms with Crippen LogP contribution in [0.5, 0.6) is 5.75 Å². The highest BCUT2D eigenvalue weighted by atomic mass is 19.1. The number of hydrogen-bond acceptors (Lipinski definition) is 4. The summed E-state index contributed by atoms with van der Waals surface area (Å²) in [4.78, 5) is 18.7. The fourth-order valence-corrected chi connectivity index (χ4v) is 3.19. The number of aromatic nitrogens is 3. The van der Waals surface area contributed by atoms with Crippen LogP contribution in [-0.4, -0.2) is 44.8 Å². The highest BCUT2D eigenvalue weighted by Gasteiger charge is 2.32. The Morgan fingerprint density at radius 1 is 1.14 bits per heavy atom. The molecule has 3 aromatic rings. The maximum absolute atomic E-state index is 12.9. The van der Waals surface area contributed by atoms with Gasteiger partial charge in [-0.1, -0.05) is 19.1 Å². The van der Waals surface area contributed by atoms with Gasteiger partial charge in [0.25, 0.3) is 5.91 Å². The van der Waals surface area contributed by atoms with Gasteiger partial charge in [-0.25, -0.2) is 14.1 Å². The van der Waals surface area contributed by atoms with Crippen molar-refractivity contribution in [1.29, 1.82) is 0 Å². The monoisotopic (exact) mass is 380 g/mol. The first-order valence-electron chi connectivity index (χ1n) is 9.34. The molecule has 1 aliphatic heterocycles. The van der Waals surface area contributed by atoms with Crippen LogP contribution in [0.15, 0.2) is 54.9 Å². The van der Waals surface area contributed by atoms with Crippen molar-refractivity contribution in [2.75, 3.05) is 13.1 Å². The molecule has 2 aromatic carbocycles. The van der Waals surface area contributed by atoms with Gasteiger partial charge in [-0.15, -0.1) is 0 Å². The quantitative estimate of drug-likeness (QED) is 0.658. The number of nitrogens with zero attached hydrogens (tertiary/aromatic N) is 4. The second kappa shape index (κ2) is 7.80. The zero-order valence-corrected chi connectivity index (χ0v) is 15.6. The molecule has 28 heavy (non-hydrogen) atoms. The summed E-state index contributed by atoms with van der Waals surface area (Å²) in [6.45, 7) is 3.93. The molecule has 6 nitrogen and oxygen atoms in total. The van der Waals surface area contributed by atoms with Gasteiger partial charge in [0.05, 0.1) is 13.1 Å². The van der Waals surface area contributed by atoms with E-state index >= 15 is 0 Å². The smallest absolute Gasteiger partial charge is 0.254 e. The first-order chi connectivity index (χ1) is 13.6. The van der Waals surface area contributed by atoms with Crippen LogP contribution >= 0.6 is 0 Å². The molecule has 1 aliphatic rings. The van der Waals surface area contributed by atoms with Crippen LogP contribution in [0.2, 0.25) is 0 Å². The Kier molecular flexibility index (Phi) is 5.06. The van der Waals surface area contributed by atoms with Crippen molar-refractivity contribution in [3.63, 3.8) is 0 Å². The van der Waals surface area contributed by atoms with Gasteiger partial charge >= 0.3 is 0 Å². The van der Waals surface area contributed by atoms with Gasteiger partial charge < -0.3 is 9.64 Å². The Bertz CT molecular complexity index is 947. The van der Waals surface area contributed by atoms with E-state index in [-0.39, 0.29) is 17.8 Å². The van der Waals surface area contributed by atoms with Crippen LogP contribution in [0.3, 0.4) is 0 Å². The molecule has 0 N–H and O–H groups in total. The average Bonchev–Trinajstić information content (AvgIpc) is 3.14. The van der Waals surface area contributed by atoms with Crippen LogP contribution in [0.25, 0.3) is 11.4 Å². The molecule has 1 fully saturated rings. The minimum Gasteiger partial charge on any atom is -0.487 e. The van der Waals surface area contributed by atoms with Gasteiger partial charge in [-0.3, -0.25) is 4.79 Å². The van der Waals surface area contributed by atoms with Crippen molar-refractivity contribution < 1.29 is 13.9 Å². The highest BCUT2D eigenvalue weighted by molar-refractivity contribution is 5.95. The van der Waals surface area contributed by atoms with Crippen LogP contribution in [-0.2, 0) is 6.54 Å². The maximum Gasteiger partial charge on any atom is 0.254 e. The predicted octanol–water partition coefficient (Wildman–Crippen LogP) is 3.40. The summed E-state index contributed by atoms with van der Waals surface area (Å²) in [6, 6.07) is 13.3. The first kappa shape index (κ1) is 18.2. The molecule has 7 heteroatoms. The molecule has 0 atom stereocenters. The molecule has 2 heterocycles. The number of amides is 1. The largest absolute Gasteiger partial charge is 0.487 e. The number of likely N-dealkylation sites (tertiary alicyclic amines) is 1. The second-order valence-electron chi connectivity index (χ2n) is 6.79. The SMILES string of the molecule is CCCn1ncnc1-c1ccc(C(=O)N2CC(Oc3ccc(F)cc3)C2)cc1. The molecule has 4 rings (SSSR count). The van der Waals surface area contributed by atoms with Crippen molar-refractivity contribution in [2.45, 2.75) is 26.0 Å². The molecule has 0 unspecified atom stereocenters. The summed E-state index contributed by atoms with van der Waals surface area (Å²) in [7, 11) is 0. The van der Waals surface area contributed by atoms with E-state index in [4.69, 9.17) is 4.74 Å². The van der Waals surface area contributed by atoms with Crippen molar-refractivity contribution in [2.24, 2.45) is 0 Å². The lowest BCUT2D eigenvalue weighted by molar-refractivity contribution is 0.0178. The number of aryl methyl sites for hydroxylation is 1. The third-order valence-corrected chi connectivity index (χ3v) is 4.69. The topological polar surface area (TPSA) is 60.2 Å². The molecular weight excluding hydrogens is 359 g/mol. The lowest BCUT2D eigenvalue weighted by atomic mass is 10.1. The summed E-state index contributed by atoms with van der Waals surface area (Å²) in [5.74, 6) is 1.09. The van der Waals surface area contributed by atoms with E-state index in [1.165, 1.54) is 12.1 Å². The molecule has 1 amide bonds. The Labute approximate surface area is 162 Å². The zero-order chi connectivity index (χ0) is 19.5. The van der Waals surface area contributed by atoms with Gasteiger partial charge in [0, 0.05) is 17.7 Å². The molecule has 144 valence electrons. The Hall–Kier alpha value is -3.22. The van der Waals surface area contributed by atoms with Crippen LogP contribution in [0.1, 0.15) is 23.7 Å². The first-order valence-corrected chi connectivity index (χ1v) is 9.34. The standard InChI is InChI=1S/C21H21FN4O2/c1-2-11-26-20(23-14-24-26)15-3-5-16(6-4-15)21(27)25-12-19(13-25)28-18-9-7-17(22)8-10-18/h3-10,14,19H,2,11-13H2,1H3. The zero-order valence-electron chi connectivity index (χ0n) is 15.6. The molecule has 0 radical (unpaired) electrons. The lowest BCUT2D eigenvalue weighted by Gasteiger charge is -2.39. The number of hydrogen-bond donors (Lipinski definition) is 0. The van der Waals surface area contributed by atoms with Gasteiger partial charge in [-0.2, -0.15) is 5.10 Å². The number of halogens is 1. The minimum absolute atomic E-state index is 0.0273. The van der Waals surface area contributed by atoms with E-state index < -0.39 is 0 Å². The number of benzene rings is 2. The maximum atomic E-state index is 12.9. The van der Waals surface area contributed by atoms with Gasteiger partial charge in [0.2, 0.25) is 0 Å². The average molecular weight is 380 g/mol. The fourth-order valence-electron chi connectivity index (χ4n) is 3.19. The van der Waals surface area contributed by atoms with E-state index in [1.54, 1.807) is 23.4 Å². The minimum atomic E-state index is -0.297. The molecular formula is C21H21FN4O2. The van der Waals surface area contributed by atoms with Crippen molar-refractivity contribution in [1.82, 2.24) is 19.7 Å². The molecule has 0 saturated carbocycles. The Morgan fingerprint density at radius 3 is 2.54 bits per heavy atom. The van der Waals surface area contributed by atoms with Crippen molar-refractivity contribution >= 4 is 5.91 Å². The molecule has 1 saturated heterocycles. The third kappa shape index (κ3) is 3.74. The lowest BCUT2D eigenvalue weighted by Crippen LogP contribution is -2.56. The van der Waals surface area contributed by atoms with Crippen molar-refractivity contribution in [3.05, 3.63) is 66.2 Å². The Morgan fingerprint density at radius 2 is 1.86 bits per heavy atom. The van der Waals surface area contributed by atoms with Crippen LogP contribution in [0, 0.1) is 5.82 Å². The fraction of sp³-hybridized carbons (Fsp3) is 0.286. The molecule has 0 aliphatic carbocycles. The van der Waals surface area contributed by atoms with E-state index in [0.29, 0.717) is 24.4 Å². The van der Waals surface area contributed by atoms with Crippen molar-refractivity contribution in [3.8, 4) is 17.1 Å².